The van der Waals surface area contributed by atoms with Crippen LogP contribution in [0, 0.1) is 0 Å². The van der Waals surface area contributed by atoms with Crippen LogP contribution in [0.25, 0.3) is 11.1 Å². The van der Waals surface area contributed by atoms with Crippen molar-refractivity contribution >= 4 is 17.5 Å². The highest BCUT2D eigenvalue weighted by molar-refractivity contribution is 6.30. The van der Waals surface area contributed by atoms with E-state index in [-0.39, 0.29) is 11.7 Å². The van der Waals surface area contributed by atoms with Crippen LogP contribution in [0.2, 0.25) is 5.02 Å². The normalized spacial score (nSPS) is 10.5. The molecule has 132 valence electrons. The summed E-state index contributed by atoms with van der Waals surface area (Å²) in [6, 6.07) is 22.3. The van der Waals surface area contributed by atoms with Gasteiger partial charge in [0, 0.05) is 11.6 Å². The van der Waals surface area contributed by atoms with Crippen LogP contribution in [-0.4, -0.2) is 17.6 Å². The van der Waals surface area contributed by atoms with Gasteiger partial charge in [0.15, 0.2) is 0 Å². The lowest BCUT2D eigenvalue weighted by Gasteiger charge is -2.11. The third-order valence-electron chi connectivity index (χ3n) is 4.17. The smallest absolute Gasteiger partial charge is 0.252 e. The van der Waals surface area contributed by atoms with Crippen molar-refractivity contribution in [1.82, 2.24) is 5.32 Å². The van der Waals surface area contributed by atoms with Gasteiger partial charge in [0.1, 0.15) is 5.75 Å². The minimum absolute atomic E-state index is 0.0668. The first-order valence-corrected chi connectivity index (χ1v) is 8.92. The molecule has 0 aliphatic rings. The van der Waals surface area contributed by atoms with Crippen molar-refractivity contribution in [3.8, 4) is 16.9 Å². The molecular formula is C22H20ClNO2. The molecule has 3 aromatic rings. The molecule has 0 spiro atoms. The molecule has 3 aromatic carbocycles. The molecule has 0 unspecified atom stereocenters. The van der Waals surface area contributed by atoms with Crippen molar-refractivity contribution in [2.75, 3.05) is 6.54 Å². The molecule has 0 aliphatic carbocycles. The average Bonchev–Trinajstić information content (AvgIpc) is 2.67. The summed E-state index contributed by atoms with van der Waals surface area (Å²) >= 11 is 5.94. The molecule has 3 nitrogen and oxygen atoms in total. The number of benzene rings is 3. The molecule has 1 amide bonds. The highest BCUT2D eigenvalue weighted by Gasteiger charge is 2.13. The van der Waals surface area contributed by atoms with Gasteiger partial charge >= 0.3 is 0 Å². The maximum Gasteiger partial charge on any atom is 0.252 e. The van der Waals surface area contributed by atoms with Crippen molar-refractivity contribution in [3.05, 3.63) is 88.9 Å². The van der Waals surface area contributed by atoms with Gasteiger partial charge in [-0.1, -0.05) is 54.1 Å². The Morgan fingerprint density at radius 3 is 2.42 bits per heavy atom. The van der Waals surface area contributed by atoms with Crippen molar-refractivity contribution in [1.29, 1.82) is 0 Å². The predicted octanol–water partition coefficient (Wildman–Crippen LogP) is 5.08. The molecule has 0 aromatic heterocycles. The molecule has 0 radical (unpaired) electrons. The summed E-state index contributed by atoms with van der Waals surface area (Å²) in [7, 11) is 0. The second kappa shape index (κ2) is 8.54. The zero-order chi connectivity index (χ0) is 18.4. The van der Waals surface area contributed by atoms with Crippen LogP contribution in [0.5, 0.6) is 5.75 Å². The fraction of sp³-hybridized carbons (Fsp3) is 0.136. The van der Waals surface area contributed by atoms with Gasteiger partial charge in [-0.25, -0.2) is 0 Å². The number of carbonyl (C=O) groups is 1. The van der Waals surface area contributed by atoms with E-state index < -0.39 is 0 Å². The molecule has 0 bridgehead atoms. The van der Waals surface area contributed by atoms with Gasteiger partial charge in [-0.2, -0.15) is 0 Å². The summed E-state index contributed by atoms with van der Waals surface area (Å²) in [6.45, 7) is 0.573. The summed E-state index contributed by atoms with van der Waals surface area (Å²) in [6.07, 6.45) is 1.76. The molecule has 26 heavy (non-hydrogen) atoms. The summed E-state index contributed by atoms with van der Waals surface area (Å²) in [5.74, 6) is -0.129. The van der Waals surface area contributed by atoms with E-state index in [1.165, 1.54) is 11.6 Å². The number of amides is 1. The number of nitrogens with one attached hydrogen (secondary N) is 1. The minimum Gasteiger partial charge on any atom is -0.508 e. The van der Waals surface area contributed by atoms with Crippen LogP contribution in [0.1, 0.15) is 22.3 Å². The number of phenols is 1. The highest BCUT2D eigenvalue weighted by atomic mass is 35.5. The van der Waals surface area contributed by atoms with Crippen LogP contribution in [-0.2, 0) is 6.42 Å². The van der Waals surface area contributed by atoms with E-state index in [9.17, 15) is 9.90 Å². The monoisotopic (exact) mass is 365 g/mol. The van der Waals surface area contributed by atoms with E-state index in [2.05, 4.69) is 17.4 Å². The van der Waals surface area contributed by atoms with Crippen LogP contribution >= 0.6 is 11.6 Å². The number of carbonyl (C=O) groups excluding carboxylic acids is 1. The first kappa shape index (κ1) is 18.0. The maximum atomic E-state index is 12.6. The van der Waals surface area contributed by atoms with E-state index >= 15 is 0 Å². The van der Waals surface area contributed by atoms with E-state index in [0.717, 1.165) is 24.0 Å². The van der Waals surface area contributed by atoms with Crippen molar-refractivity contribution in [2.24, 2.45) is 0 Å². The number of hydrogen-bond acceptors (Lipinski definition) is 2. The lowest BCUT2D eigenvalue weighted by molar-refractivity contribution is 0.0953. The minimum atomic E-state index is -0.195. The molecule has 3 rings (SSSR count). The Balaban J connectivity index is 1.68. The molecule has 0 aliphatic heterocycles. The van der Waals surface area contributed by atoms with Gasteiger partial charge in [0.25, 0.3) is 5.91 Å². The Morgan fingerprint density at radius 2 is 1.69 bits per heavy atom. The van der Waals surface area contributed by atoms with Crippen LogP contribution in [0.3, 0.4) is 0 Å². The summed E-state index contributed by atoms with van der Waals surface area (Å²) in [5.41, 5.74) is 3.34. The molecule has 4 heteroatoms. The number of rotatable bonds is 6. The van der Waals surface area contributed by atoms with E-state index in [1.807, 2.05) is 30.3 Å². The van der Waals surface area contributed by atoms with Crippen molar-refractivity contribution in [3.63, 3.8) is 0 Å². The Bertz CT molecular complexity index is 876. The molecule has 0 atom stereocenters. The van der Waals surface area contributed by atoms with Gasteiger partial charge in [0.05, 0.1) is 5.56 Å². The first-order chi connectivity index (χ1) is 12.6. The third-order valence-corrected chi connectivity index (χ3v) is 4.43. The number of aromatic hydroxyl groups is 1. The molecule has 0 fully saturated rings. The summed E-state index contributed by atoms with van der Waals surface area (Å²) in [5, 5.41) is 13.4. The second-order valence-electron chi connectivity index (χ2n) is 6.08. The first-order valence-electron chi connectivity index (χ1n) is 8.54. The van der Waals surface area contributed by atoms with Crippen molar-refractivity contribution in [2.45, 2.75) is 12.8 Å². The number of aryl methyl sites for hydroxylation is 1. The van der Waals surface area contributed by atoms with Gasteiger partial charge in [0.2, 0.25) is 0 Å². The Labute approximate surface area is 158 Å². The molecule has 2 N–H and O–H groups in total. The molecule has 0 heterocycles. The van der Waals surface area contributed by atoms with Crippen molar-refractivity contribution < 1.29 is 9.90 Å². The highest BCUT2D eigenvalue weighted by Crippen LogP contribution is 2.28. The molecule has 0 saturated carbocycles. The quantitative estimate of drug-likeness (QED) is 0.599. The molecular weight excluding hydrogens is 346 g/mol. The zero-order valence-corrected chi connectivity index (χ0v) is 15.0. The fourth-order valence-corrected chi connectivity index (χ4v) is 2.96. The number of halogens is 1. The summed E-state index contributed by atoms with van der Waals surface area (Å²) in [4.78, 5) is 12.6. The van der Waals surface area contributed by atoms with Crippen LogP contribution < -0.4 is 5.32 Å². The Hall–Kier alpha value is -2.78. The fourth-order valence-electron chi connectivity index (χ4n) is 2.84. The van der Waals surface area contributed by atoms with Crippen LogP contribution in [0.4, 0.5) is 0 Å². The largest absolute Gasteiger partial charge is 0.508 e. The Morgan fingerprint density at radius 1 is 0.962 bits per heavy atom. The van der Waals surface area contributed by atoms with Crippen LogP contribution in [0.15, 0.2) is 72.8 Å². The Kier molecular flexibility index (Phi) is 5.92. The second-order valence-corrected chi connectivity index (χ2v) is 6.52. The SMILES string of the molecule is O=C(NCCCc1ccccc1)c1cc(O)ccc1-c1ccc(Cl)cc1. The van der Waals surface area contributed by atoms with E-state index in [0.29, 0.717) is 17.1 Å². The third kappa shape index (κ3) is 4.64. The lowest BCUT2D eigenvalue weighted by atomic mass is 9.98. The van der Waals surface area contributed by atoms with Gasteiger partial charge in [-0.3, -0.25) is 4.79 Å². The standard InChI is InChI=1S/C22H20ClNO2/c23-18-10-8-17(9-11-18)20-13-12-19(25)15-21(20)22(26)24-14-4-7-16-5-2-1-3-6-16/h1-3,5-6,8-13,15,25H,4,7,14H2,(H,24,26). The van der Waals surface area contributed by atoms with Gasteiger partial charge in [-0.15, -0.1) is 0 Å². The average molecular weight is 366 g/mol. The number of phenolic OH excluding ortho intramolecular Hbond substituents is 1. The zero-order valence-electron chi connectivity index (χ0n) is 14.3. The summed E-state index contributed by atoms with van der Waals surface area (Å²) < 4.78 is 0. The lowest BCUT2D eigenvalue weighted by Crippen LogP contribution is -2.25. The van der Waals surface area contributed by atoms with E-state index in [1.54, 1.807) is 24.3 Å². The van der Waals surface area contributed by atoms with Gasteiger partial charge < -0.3 is 10.4 Å². The predicted molar refractivity (Wildman–Crippen MR) is 106 cm³/mol. The topological polar surface area (TPSA) is 49.3 Å². The van der Waals surface area contributed by atoms with Gasteiger partial charge in [-0.05, 0) is 59.9 Å². The number of hydrogen-bond donors (Lipinski definition) is 2. The molecule has 0 saturated heterocycles. The maximum absolute atomic E-state index is 12.6. The van der Waals surface area contributed by atoms with E-state index in [4.69, 9.17) is 11.6 Å².